The molecule has 2 heteroatoms. The Hall–Kier alpha value is -0.0800. The van der Waals surface area contributed by atoms with E-state index in [1.54, 1.807) is 0 Å². The normalized spacial score (nSPS) is 31.6. The molecule has 2 nitrogen and oxygen atoms in total. The van der Waals surface area contributed by atoms with E-state index in [2.05, 4.69) is 19.2 Å². The number of rotatable bonds is 4. The van der Waals surface area contributed by atoms with Crippen LogP contribution in [0.5, 0.6) is 0 Å². The molecule has 0 amide bonds. The van der Waals surface area contributed by atoms with E-state index in [0.29, 0.717) is 18.1 Å². The topological polar surface area (TPSA) is 32.3 Å². The molecule has 2 fully saturated rings. The maximum Gasteiger partial charge on any atom is 0.0499 e. The molecule has 1 atom stereocenters. The van der Waals surface area contributed by atoms with E-state index in [0.717, 1.165) is 6.54 Å². The van der Waals surface area contributed by atoms with Crippen LogP contribution in [0.1, 0.15) is 65.2 Å². The summed E-state index contributed by atoms with van der Waals surface area (Å²) in [6.07, 6.45) is 10.4. The maximum absolute atomic E-state index is 9.64. The number of aliphatic hydroxyl groups excluding tert-OH is 1. The standard InChI is InChI=1S/C15H29NO/c1-14(2)8-4-3-7-13(14)16-11-15(12-17)9-5-6-10-15/h13,16-17H,3-12H2,1-2H3. The van der Waals surface area contributed by atoms with Gasteiger partial charge in [0.1, 0.15) is 0 Å². The van der Waals surface area contributed by atoms with Crippen LogP contribution in [-0.4, -0.2) is 24.3 Å². The van der Waals surface area contributed by atoms with Crippen molar-refractivity contribution >= 4 is 0 Å². The third kappa shape index (κ3) is 3.03. The van der Waals surface area contributed by atoms with Crippen molar-refractivity contribution in [2.45, 2.75) is 71.3 Å². The molecule has 0 aromatic rings. The highest BCUT2D eigenvalue weighted by molar-refractivity contribution is 4.92. The van der Waals surface area contributed by atoms with Gasteiger partial charge in [-0.2, -0.15) is 0 Å². The first-order valence-electron chi connectivity index (χ1n) is 7.42. The smallest absolute Gasteiger partial charge is 0.0499 e. The van der Waals surface area contributed by atoms with Crippen LogP contribution in [0.4, 0.5) is 0 Å². The van der Waals surface area contributed by atoms with Gasteiger partial charge in [-0.25, -0.2) is 0 Å². The minimum atomic E-state index is 0.202. The zero-order valence-electron chi connectivity index (χ0n) is 11.6. The molecule has 0 radical (unpaired) electrons. The Morgan fingerprint density at radius 3 is 2.29 bits per heavy atom. The number of hydrogen-bond acceptors (Lipinski definition) is 2. The second-order valence-corrected chi connectivity index (χ2v) is 7.03. The summed E-state index contributed by atoms with van der Waals surface area (Å²) in [5, 5.41) is 13.4. The summed E-state index contributed by atoms with van der Waals surface area (Å²) in [5.74, 6) is 0. The highest BCUT2D eigenvalue weighted by Gasteiger charge is 2.37. The first-order chi connectivity index (χ1) is 8.08. The quantitative estimate of drug-likeness (QED) is 0.790. The van der Waals surface area contributed by atoms with Crippen LogP contribution in [0.3, 0.4) is 0 Å². The fraction of sp³-hybridized carbons (Fsp3) is 1.00. The van der Waals surface area contributed by atoms with Gasteiger partial charge < -0.3 is 10.4 Å². The Kier molecular flexibility index (Phi) is 4.14. The fourth-order valence-electron chi connectivity index (χ4n) is 3.73. The van der Waals surface area contributed by atoms with Gasteiger partial charge in [0.15, 0.2) is 0 Å². The van der Waals surface area contributed by atoms with Crippen LogP contribution >= 0.6 is 0 Å². The average molecular weight is 239 g/mol. The summed E-state index contributed by atoms with van der Waals surface area (Å²) in [6.45, 7) is 6.18. The Balaban J connectivity index is 1.88. The minimum absolute atomic E-state index is 0.202. The molecular weight excluding hydrogens is 210 g/mol. The van der Waals surface area contributed by atoms with Crippen molar-refractivity contribution in [3.63, 3.8) is 0 Å². The first kappa shape index (κ1) is 13.4. The highest BCUT2D eigenvalue weighted by atomic mass is 16.3. The zero-order valence-corrected chi connectivity index (χ0v) is 11.6. The van der Waals surface area contributed by atoms with Crippen molar-refractivity contribution in [3.05, 3.63) is 0 Å². The number of aliphatic hydroxyl groups is 1. The molecule has 2 aliphatic carbocycles. The van der Waals surface area contributed by atoms with E-state index in [4.69, 9.17) is 0 Å². The Bertz CT molecular complexity index is 243. The Morgan fingerprint density at radius 2 is 1.71 bits per heavy atom. The van der Waals surface area contributed by atoms with E-state index < -0.39 is 0 Å². The second kappa shape index (κ2) is 5.27. The lowest BCUT2D eigenvalue weighted by molar-refractivity contribution is 0.100. The van der Waals surface area contributed by atoms with Gasteiger partial charge in [-0.1, -0.05) is 39.5 Å². The molecule has 1 unspecified atom stereocenters. The summed E-state index contributed by atoms with van der Waals surface area (Å²) < 4.78 is 0. The van der Waals surface area contributed by atoms with Crippen molar-refractivity contribution < 1.29 is 5.11 Å². The van der Waals surface area contributed by atoms with Crippen LogP contribution in [0, 0.1) is 10.8 Å². The van der Waals surface area contributed by atoms with Crippen LogP contribution in [-0.2, 0) is 0 Å². The lowest BCUT2D eigenvalue weighted by Crippen LogP contribution is -2.48. The van der Waals surface area contributed by atoms with Gasteiger partial charge in [0.25, 0.3) is 0 Å². The van der Waals surface area contributed by atoms with Crippen LogP contribution in [0.25, 0.3) is 0 Å². The largest absolute Gasteiger partial charge is 0.396 e. The van der Waals surface area contributed by atoms with Crippen LogP contribution < -0.4 is 5.32 Å². The lowest BCUT2D eigenvalue weighted by atomic mass is 9.73. The molecule has 0 aromatic heterocycles. The first-order valence-corrected chi connectivity index (χ1v) is 7.42. The molecule has 0 heterocycles. The summed E-state index contributed by atoms with van der Waals surface area (Å²) >= 11 is 0. The van der Waals surface area contributed by atoms with Crippen molar-refractivity contribution in [2.75, 3.05) is 13.2 Å². The van der Waals surface area contributed by atoms with Crippen LogP contribution in [0.15, 0.2) is 0 Å². The molecule has 2 rings (SSSR count). The molecule has 0 aromatic carbocycles. The molecule has 0 spiro atoms. The molecule has 0 bridgehead atoms. The van der Waals surface area contributed by atoms with Crippen LogP contribution in [0.2, 0.25) is 0 Å². The zero-order chi connectivity index (χ0) is 12.4. The molecule has 0 saturated heterocycles. The maximum atomic E-state index is 9.64. The van der Waals surface area contributed by atoms with E-state index >= 15 is 0 Å². The van der Waals surface area contributed by atoms with Gasteiger partial charge in [-0.3, -0.25) is 0 Å². The molecule has 2 saturated carbocycles. The van der Waals surface area contributed by atoms with Crippen molar-refractivity contribution in [2.24, 2.45) is 10.8 Å². The summed E-state index contributed by atoms with van der Waals surface area (Å²) in [6, 6.07) is 0.653. The van der Waals surface area contributed by atoms with E-state index in [1.165, 1.54) is 51.4 Å². The van der Waals surface area contributed by atoms with E-state index in [-0.39, 0.29) is 5.41 Å². The number of nitrogens with one attached hydrogen (secondary N) is 1. The van der Waals surface area contributed by atoms with Crippen molar-refractivity contribution in [1.29, 1.82) is 0 Å². The van der Waals surface area contributed by atoms with E-state index in [1.807, 2.05) is 0 Å². The average Bonchev–Trinajstić information content (AvgIpc) is 2.76. The van der Waals surface area contributed by atoms with Gasteiger partial charge in [0, 0.05) is 24.6 Å². The predicted octanol–water partition coefficient (Wildman–Crippen LogP) is 3.10. The highest BCUT2D eigenvalue weighted by Crippen LogP contribution is 2.39. The summed E-state index contributed by atoms with van der Waals surface area (Å²) in [7, 11) is 0. The molecule has 0 aliphatic heterocycles. The molecule has 2 aliphatic rings. The Morgan fingerprint density at radius 1 is 1.06 bits per heavy atom. The van der Waals surface area contributed by atoms with Crippen molar-refractivity contribution in [3.8, 4) is 0 Å². The fourth-order valence-corrected chi connectivity index (χ4v) is 3.73. The number of hydrogen-bond donors (Lipinski definition) is 2. The SMILES string of the molecule is CC1(C)CCCCC1NCC1(CO)CCCC1. The Labute approximate surface area is 106 Å². The van der Waals surface area contributed by atoms with Gasteiger partial charge in [-0.05, 0) is 31.1 Å². The third-order valence-corrected chi connectivity index (χ3v) is 5.23. The summed E-state index contributed by atoms with van der Waals surface area (Å²) in [4.78, 5) is 0. The van der Waals surface area contributed by atoms with E-state index in [9.17, 15) is 5.11 Å². The summed E-state index contributed by atoms with van der Waals surface area (Å²) in [5.41, 5.74) is 0.640. The minimum Gasteiger partial charge on any atom is -0.396 e. The molecule has 100 valence electrons. The van der Waals surface area contributed by atoms with Gasteiger partial charge in [-0.15, -0.1) is 0 Å². The lowest BCUT2D eigenvalue weighted by Gasteiger charge is -2.41. The molecule has 17 heavy (non-hydrogen) atoms. The second-order valence-electron chi connectivity index (χ2n) is 7.03. The molecular formula is C15H29NO. The van der Waals surface area contributed by atoms with Gasteiger partial charge in [0.2, 0.25) is 0 Å². The van der Waals surface area contributed by atoms with Crippen molar-refractivity contribution in [1.82, 2.24) is 5.32 Å². The molecule has 2 N–H and O–H groups in total. The third-order valence-electron chi connectivity index (χ3n) is 5.23. The van der Waals surface area contributed by atoms with Gasteiger partial charge in [0.05, 0.1) is 0 Å². The monoisotopic (exact) mass is 239 g/mol. The predicted molar refractivity (Wildman–Crippen MR) is 72.0 cm³/mol. The van der Waals surface area contributed by atoms with Gasteiger partial charge >= 0.3 is 0 Å².